The number of ether oxygens (including phenoxy) is 3. The lowest BCUT2D eigenvalue weighted by molar-refractivity contribution is -0.144. The summed E-state index contributed by atoms with van der Waals surface area (Å²) in [5.41, 5.74) is 0.654. The lowest BCUT2D eigenvalue weighted by atomic mass is 10.1. The second kappa shape index (κ2) is 8.59. The van der Waals surface area contributed by atoms with Gasteiger partial charge in [-0.05, 0) is 31.5 Å². The van der Waals surface area contributed by atoms with Crippen LogP contribution < -0.4 is 19.5 Å². The Morgan fingerprint density at radius 1 is 1.00 bits per heavy atom. The Balaban J connectivity index is 2.06. The summed E-state index contributed by atoms with van der Waals surface area (Å²) in [7, 11) is 4.43. The van der Waals surface area contributed by atoms with E-state index < -0.39 is 36.3 Å². The minimum absolute atomic E-state index is 0.0909. The van der Waals surface area contributed by atoms with Crippen molar-refractivity contribution in [3.05, 3.63) is 17.7 Å². The Hall–Kier alpha value is -3.30. The van der Waals surface area contributed by atoms with E-state index in [1.165, 1.54) is 21.3 Å². The zero-order chi connectivity index (χ0) is 21.0. The average molecular weight is 393 g/mol. The van der Waals surface area contributed by atoms with Gasteiger partial charge in [0.25, 0.3) is 0 Å². The number of hydrogen-bond donors (Lipinski definition) is 1. The lowest BCUT2D eigenvalue weighted by Gasteiger charge is -2.18. The molecule has 1 heterocycles. The van der Waals surface area contributed by atoms with Crippen LogP contribution in [0.1, 0.15) is 19.4 Å². The summed E-state index contributed by atoms with van der Waals surface area (Å²) in [4.78, 5) is 49.7. The standard InChI is InChI=1S/C18H23N3O7/c1-10(2)21-17(24)16(23)20(18(21)25)9-14(22)19-8-11-6-12(26-3)15(28-5)13(7-11)27-4/h6-7,10H,8-9H2,1-5H3,(H,19,22). The molecule has 5 amide bonds. The van der Waals surface area contributed by atoms with Crippen molar-refractivity contribution in [3.63, 3.8) is 0 Å². The van der Waals surface area contributed by atoms with Crippen LogP contribution in [-0.2, 0) is 20.9 Å². The molecule has 0 aromatic heterocycles. The third-order valence-electron chi connectivity index (χ3n) is 4.12. The van der Waals surface area contributed by atoms with E-state index in [1.54, 1.807) is 26.0 Å². The number of benzene rings is 1. The van der Waals surface area contributed by atoms with Crippen molar-refractivity contribution in [3.8, 4) is 17.2 Å². The van der Waals surface area contributed by atoms with Crippen molar-refractivity contribution in [2.75, 3.05) is 27.9 Å². The van der Waals surface area contributed by atoms with E-state index in [2.05, 4.69) is 5.32 Å². The number of carbonyl (C=O) groups excluding carboxylic acids is 4. The van der Waals surface area contributed by atoms with Crippen molar-refractivity contribution in [2.24, 2.45) is 0 Å². The normalized spacial score (nSPS) is 14.0. The fraction of sp³-hybridized carbons (Fsp3) is 0.444. The van der Waals surface area contributed by atoms with E-state index in [1.807, 2.05) is 0 Å². The van der Waals surface area contributed by atoms with E-state index in [0.29, 0.717) is 27.7 Å². The number of rotatable bonds is 8. The molecule has 0 atom stereocenters. The molecule has 0 spiro atoms. The molecule has 1 N–H and O–H groups in total. The maximum atomic E-state index is 12.2. The highest BCUT2D eigenvalue weighted by molar-refractivity contribution is 6.45. The first-order chi connectivity index (χ1) is 13.2. The van der Waals surface area contributed by atoms with E-state index in [0.717, 1.165) is 4.90 Å². The largest absolute Gasteiger partial charge is 0.493 e. The van der Waals surface area contributed by atoms with Gasteiger partial charge < -0.3 is 19.5 Å². The minimum Gasteiger partial charge on any atom is -0.493 e. The van der Waals surface area contributed by atoms with Crippen LogP contribution in [0.5, 0.6) is 17.2 Å². The highest BCUT2D eigenvalue weighted by atomic mass is 16.5. The van der Waals surface area contributed by atoms with E-state index in [-0.39, 0.29) is 6.54 Å². The molecule has 0 saturated carbocycles. The Morgan fingerprint density at radius 2 is 1.57 bits per heavy atom. The second-order valence-electron chi connectivity index (χ2n) is 6.25. The zero-order valence-corrected chi connectivity index (χ0v) is 16.4. The molecule has 152 valence electrons. The summed E-state index contributed by atoms with van der Waals surface area (Å²) < 4.78 is 15.7. The van der Waals surface area contributed by atoms with Crippen molar-refractivity contribution in [2.45, 2.75) is 26.4 Å². The number of imide groups is 2. The van der Waals surface area contributed by atoms with Crippen LogP contribution in [0.2, 0.25) is 0 Å². The molecular formula is C18H23N3O7. The summed E-state index contributed by atoms with van der Waals surface area (Å²) >= 11 is 0. The van der Waals surface area contributed by atoms with Crippen molar-refractivity contribution >= 4 is 23.8 Å². The number of hydrogen-bond acceptors (Lipinski definition) is 7. The SMILES string of the molecule is COc1cc(CNC(=O)CN2C(=O)C(=O)N(C(C)C)C2=O)cc(OC)c1OC. The average Bonchev–Trinajstić information content (AvgIpc) is 2.88. The molecule has 2 rings (SSSR count). The lowest BCUT2D eigenvalue weighted by Crippen LogP contribution is -2.42. The Labute approximate surface area is 162 Å². The van der Waals surface area contributed by atoms with Gasteiger partial charge in [-0.2, -0.15) is 0 Å². The smallest absolute Gasteiger partial charge is 0.334 e. The highest BCUT2D eigenvalue weighted by Crippen LogP contribution is 2.38. The number of methoxy groups -OCH3 is 3. The summed E-state index contributed by atoms with van der Waals surface area (Å²) in [6, 6.07) is 2.06. The van der Waals surface area contributed by atoms with Gasteiger partial charge in [0.05, 0.1) is 21.3 Å². The molecule has 10 heteroatoms. The van der Waals surface area contributed by atoms with E-state index in [4.69, 9.17) is 14.2 Å². The Bertz CT molecular complexity index is 781. The van der Waals surface area contributed by atoms with Crippen molar-refractivity contribution < 1.29 is 33.4 Å². The summed E-state index contributed by atoms with van der Waals surface area (Å²) in [5.74, 6) is -1.27. The van der Waals surface area contributed by atoms with Crippen LogP contribution in [0.25, 0.3) is 0 Å². The molecular weight excluding hydrogens is 370 g/mol. The fourth-order valence-electron chi connectivity index (χ4n) is 2.75. The molecule has 0 aliphatic carbocycles. The second-order valence-corrected chi connectivity index (χ2v) is 6.25. The third-order valence-corrected chi connectivity index (χ3v) is 4.12. The van der Waals surface area contributed by atoms with Gasteiger partial charge in [-0.1, -0.05) is 0 Å². The topological polar surface area (TPSA) is 114 Å². The fourth-order valence-corrected chi connectivity index (χ4v) is 2.75. The van der Waals surface area contributed by atoms with Crippen LogP contribution in [-0.4, -0.2) is 67.5 Å². The van der Waals surface area contributed by atoms with Crippen LogP contribution in [0.15, 0.2) is 12.1 Å². The molecule has 28 heavy (non-hydrogen) atoms. The van der Waals surface area contributed by atoms with Crippen LogP contribution in [0.4, 0.5) is 4.79 Å². The number of nitrogens with one attached hydrogen (secondary N) is 1. The first-order valence-corrected chi connectivity index (χ1v) is 8.49. The maximum absolute atomic E-state index is 12.2. The van der Waals surface area contributed by atoms with Gasteiger partial charge in [0, 0.05) is 12.6 Å². The number of nitrogens with zero attached hydrogens (tertiary/aromatic N) is 2. The van der Waals surface area contributed by atoms with Gasteiger partial charge in [-0.3, -0.25) is 19.3 Å². The zero-order valence-electron chi connectivity index (χ0n) is 16.4. The Morgan fingerprint density at radius 3 is 2.00 bits per heavy atom. The first kappa shape index (κ1) is 21.0. The van der Waals surface area contributed by atoms with Crippen LogP contribution in [0, 0.1) is 0 Å². The van der Waals surface area contributed by atoms with Gasteiger partial charge >= 0.3 is 17.8 Å². The van der Waals surface area contributed by atoms with Gasteiger partial charge in [0.1, 0.15) is 6.54 Å². The molecule has 1 aromatic carbocycles. The van der Waals surface area contributed by atoms with Gasteiger partial charge in [0.2, 0.25) is 11.7 Å². The number of carbonyl (C=O) groups is 4. The molecule has 1 aromatic rings. The van der Waals surface area contributed by atoms with Gasteiger partial charge in [-0.25, -0.2) is 9.69 Å². The number of amides is 5. The molecule has 0 bridgehead atoms. The minimum atomic E-state index is -1.01. The predicted molar refractivity (Wildman–Crippen MR) is 97.0 cm³/mol. The van der Waals surface area contributed by atoms with Gasteiger partial charge in [0.15, 0.2) is 11.5 Å². The molecule has 10 nitrogen and oxygen atoms in total. The van der Waals surface area contributed by atoms with Gasteiger partial charge in [-0.15, -0.1) is 0 Å². The third kappa shape index (κ3) is 4.00. The predicted octanol–water partition coefficient (Wildman–Crippen LogP) is 0.528. The molecule has 1 aliphatic rings. The van der Waals surface area contributed by atoms with Crippen LogP contribution >= 0.6 is 0 Å². The molecule has 1 saturated heterocycles. The summed E-state index contributed by atoms with van der Waals surface area (Å²) in [6.45, 7) is 2.76. The van der Waals surface area contributed by atoms with Crippen LogP contribution in [0.3, 0.4) is 0 Å². The van der Waals surface area contributed by atoms with E-state index in [9.17, 15) is 19.2 Å². The quantitative estimate of drug-likeness (QED) is 0.506. The summed E-state index contributed by atoms with van der Waals surface area (Å²) in [6.07, 6.45) is 0. The van der Waals surface area contributed by atoms with Crippen molar-refractivity contribution in [1.29, 1.82) is 0 Å². The highest BCUT2D eigenvalue weighted by Gasteiger charge is 2.46. The monoisotopic (exact) mass is 393 g/mol. The molecule has 0 radical (unpaired) electrons. The first-order valence-electron chi connectivity index (χ1n) is 8.49. The maximum Gasteiger partial charge on any atom is 0.334 e. The Kier molecular flexibility index (Phi) is 6.45. The molecule has 1 fully saturated rings. The van der Waals surface area contributed by atoms with E-state index >= 15 is 0 Å². The number of urea groups is 1. The summed E-state index contributed by atoms with van der Waals surface area (Å²) in [5, 5.41) is 2.60. The van der Waals surface area contributed by atoms with Crippen molar-refractivity contribution in [1.82, 2.24) is 15.1 Å². The molecule has 1 aliphatic heterocycles. The molecule has 0 unspecified atom stereocenters.